The molecular formula is C21H23N3O6. The van der Waals surface area contributed by atoms with Crippen LogP contribution in [0.3, 0.4) is 0 Å². The minimum absolute atomic E-state index is 0.00385. The quantitative estimate of drug-likeness (QED) is 0.312. The van der Waals surface area contributed by atoms with Crippen molar-refractivity contribution in [2.45, 2.75) is 13.8 Å². The Morgan fingerprint density at radius 2 is 1.23 bits per heavy atom. The van der Waals surface area contributed by atoms with Gasteiger partial charge in [-0.05, 0) is 13.8 Å². The summed E-state index contributed by atoms with van der Waals surface area (Å²) in [4.78, 5) is 35.4. The van der Waals surface area contributed by atoms with Crippen molar-refractivity contribution >= 4 is 11.9 Å². The lowest BCUT2D eigenvalue weighted by atomic mass is 10.2. The first-order valence-corrected chi connectivity index (χ1v) is 9.09. The first kappa shape index (κ1) is 22.5. The van der Waals surface area contributed by atoms with Crippen molar-refractivity contribution in [2.24, 2.45) is 0 Å². The zero-order valence-corrected chi connectivity index (χ0v) is 16.9. The lowest BCUT2D eigenvalue weighted by Crippen LogP contribution is -2.15. The topological polar surface area (TPSA) is 110 Å². The molecule has 1 aromatic heterocycles. The fourth-order valence-electron chi connectivity index (χ4n) is 1.96. The number of benzene rings is 1. The Morgan fingerprint density at radius 3 is 1.67 bits per heavy atom. The van der Waals surface area contributed by atoms with Crippen LogP contribution in [0.15, 0.2) is 54.6 Å². The van der Waals surface area contributed by atoms with Gasteiger partial charge in [-0.1, -0.05) is 43.5 Å². The molecule has 1 aromatic carbocycles. The highest BCUT2D eigenvalue weighted by Gasteiger charge is 2.12. The largest absolute Gasteiger partial charge is 0.460 e. The van der Waals surface area contributed by atoms with Crippen molar-refractivity contribution in [1.29, 1.82) is 0 Å². The van der Waals surface area contributed by atoms with Gasteiger partial charge in [0.15, 0.2) is 5.82 Å². The fraction of sp³-hybridized carbons (Fsp3) is 0.286. The van der Waals surface area contributed by atoms with Crippen molar-refractivity contribution in [3.05, 3.63) is 54.6 Å². The molecular weight excluding hydrogens is 390 g/mol. The summed E-state index contributed by atoms with van der Waals surface area (Å²) in [5.41, 5.74) is 1.33. The SMILES string of the molecule is C=C(C)C(=O)OCCOc1nc(OCCOC(=O)C(=C)C)nc(-c2ccccc2)n1. The molecule has 0 spiro atoms. The highest BCUT2D eigenvalue weighted by Crippen LogP contribution is 2.19. The van der Waals surface area contributed by atoms with Gasteiger partial charge in [0.05, 0.1) is 0 Å². The molecule has 30 heavy (non-hydrogen) atoms. The zero-order valence-electron chi connectivity index (χ0n) is 16.9. The van der Waals surface area contributed by atoms with Crippen molar-refractivity contribution in [3.8, 4) is 23.4 Å². The Kier molecular flexibility index (Phi) is 8.49. The third-order valence-electron chi connectivity index (χ3n) is 3.42. The zero-order chi connectivity index (χ0) is 21.9. The van der Waals surface area contributed by atoms with E-state index in [1.54, 1.807) is 13.8 Å². The Labute approximate surface area is 174 Å². The van der Waals surface area contributed by atoms with E-state index in [1.807, 2.05) is 30.3 Å². The number of aromatic nitrogens is 3. The van der Waals surface area contributed by atoms with E-state index < -0.39 is 11.9 Å². The van der Waals surface area contributed by atoms with Gasteiger partial charge in [-0.15, -0.1) is 4.98 Å². The lowest BCUT2D eigenvalue weighted by molar-refractivity contribution is -0.140. The monoisotopic (exact) mass is 413 g/mol. The van der Waals surface area contributed by atoms with Crippen LogP contribution < -0.4 is 9.47 Å². The molecule has 0 amide bonds. The molecule has 0 aliphatic heterocycles. The number of hydrogen-bond acceptors (Lipinski definition) is 9. The maximum atomic E-state index is 11.4. The van der Waals surface area contributed by atoms with Crippen LogP contribution in [0.1, 0.15) is 13.8 Å². The van der Waals surface area contributed by atoms with Crippen LogP contribution in [0.5, 0.6) is 12.0 Å². The molecule has 2 aromatic rings. The lowest BCUT2D eigenvalue weighted by Gasteiger charge is -2.10. The highest BCUT2D eigenvalue weighted by atomic mass is 16.6. The summed E-state index contributed by atoms with van der Waals surface area (Å²) < 4.78 is 20.9. The molecule has 0 bridgehead atoms. The normalized spacial score (nSPS) is 10.1. The van der Waals surface area contributed by atoms with Crippen LogP contribution >= 0.6 is 0 Å². The number of nitrogens with zero attached hydrogens (tertiary/aromatic N) is 3. The number of rotatable bonds is 11. The van der Waals surface area contributed by atoms with Gasteiger partial charge in [0.25, 0.3) is 0 Å². The molecule has 0 unspecified atom stereocenters. The molecule has 0 saturated heterocycles. The predicted octanol–water partition coefficient (Wildman–Crippen LogP) is 2.53. The van der Waals surface area contributed by atoms with E-state index in [2.05, 4.69) is 28.1 Å². The van der Waals surface area contributed by atoms with Gasteiger partial charge in [-0.25, -0.2) is 9.59 Å². The second kappa shape index (κ2) is 11.3. The smallest absolute Gasteiger partial charge is 0.333 e. The molecule has 9 nitrogen and oxygen atoms in total. The molecule has 0 N–H and O–H groups in total. The highest BCUT2D eigenvalue weighted by molar-refractivity contribution is 5.87. The second-order valence-corrected chi connectivity index (χ2v) is 6.12. The van der Waals surface area contributed by atoms with Gasteiger partial charge in [-0.2, -0.15) is 9.97 Å². The van der Waals surface area contributed by atoms with Crippen molar-refractivity contribution in [1.82, 2.24) is 15.0 Å². The van der Waals surface area contributed by atoms with Gasteiger partial charge in [0, 0.05) is 16.7 Å². The molecule has 0 atom stereocenters. The van der Waals surface area contributed by atoms with E-state index in [-0.39, 0.29) is 38.4 Å². The minimum atomic E-state index is -0.507. The van der Waals surface area contributed by atoms with Gasteiger partial charge < -0.3 is 18.9 Å². The molecule has 158 valence electrons. The molecule has 0 radical (unpaired) electrons. The van der Waals surface area contributed by atoms with E-state index in [4.69, 9.17) is 18.9 Å². The maximum Gasteiger partial charge on any atom is 0.333 e. The van der Waals surface area contributed by atoms with Gasteiger partial charge in [-0.3, -0.25) is 0 Å². The van der Waals surface area contributed by atoms with Crippen molar-refractivity contribution in [2.75, 3.05) is 26.4 Å². The Balaban J connectivity index is 2.03. The predicted molar refractivity (Wildman–Crippen MR) is 108 cm³/mol. The van der Waals surface area contributed by atoms with E-state index in [1.165, 1.54) is 0 Å². The minimum Gasteiger partial charge on any atom is -0.460 e. The molecule has 1 heterocycles. The molecule has 0 saturated carbocycles. The molecule has 2 rings (SSSR count). The standard InChI is InChI=1S/C21H23N3O6/c1-14(2)18(25)27-10-12-29-20-22-17(16-8-6-5-7-9-16)23-21(24-20)30-13-11-28-19(26)15(3)4/h5-9H,1,3,10-13H2,2,4H3. The fourth-order valence-corrected chi connectivity index (χ4v) is 1.96. The number of carbonyl (C=O) groups is 2. The first-order valence-electron chi connectivity index (χ1n) is 9.09. The van der Waals surface area contributed by atoms with E-state index in [0.717, 1.165) is 5.56 Å². The summed E-state index contributed by atoms with van der Waals surface area (Å²) in [6, 6.07) is 9.21. The summed E-state index contributed by atoms with van der Waals surface area (Å²) in [5.74, 6) is -0.673. The maximum absolute atomic E-state index is 11.4. The van der Waals surface area contributed by atoms with Crippen molar-refractivity contribution in [3.63, 3.8) is 0 Å². The van der Waals surface area contributed by atoms with Crippen LogP contribution in [0.25, 0.3) is 11.4 Å². The third-order valence-corrected chi connectivity index (χ3v) is 3.42. The summed E-state index contributed by atoms with van der Waals surface area (Å²) in [7, 11) is 0. The van der Waals surface area contributed by atoms with E-state index >= 15 is 0 Å². The van der Waals surface area contributed by atoms with Crippen LogP contribution in [-0.2, 0) is 19.1 Å². The van der Waals surface area contributed by atoms with Gasteiger partial charge in [0.1, 0.15) is 26.4 Å². The first-order chi connectivity index (χ1) is 14.4. The van der Waals surface area contributed by atoms with Crippen LogP contribution in [0.2, 0.25) is 0 Å². The van der Waals surface area contributed by atoms with E-state index in [9.17, 15) is 9.59 Å². The molecule has 9 heteroatoms. The third kappa shape index (κ3) is 7.34. The number of carbonyl (C=O) groups excluding carboxylic acids is 2. The van der Waals surface area contributed by atoms with Crippen LogP contribution in [0, 0.1) is 0 Å². The summed E-state index contributed by atoms with van der Waals surface area (Å²) >= 11 is 0. The number of esters is 2. The summed E-state index contributed by atoms with van der Waals surface area (Å²) in [6.07, 6.45) is 0. The molecule has 0 aliphatic carbocycles. The van der Waals surface area contributed by atoms with E-state index in [0.29, 0.717) is 17.0 Å². The molecule has 0 aliphatic rings. The second-order valence-electron chi connectivity index (χ2n) is 6.12. The van der Waals surface area contributed by atoms with Crippen LogP contribution in [0.4, 0.5) is 0 Å². The van der Waals surface area contributed by atoms with Crippen LogP contribution in [-0.4, -0.2) is 53.3 Å². The molecule has 0 fully saturated rings. The Hall–Kier alpha value is -3.75. The average molecular weight is 413 g/mol. The van der Waals surface area contributed by atoms with Crippen molar-refractivity contribution < 1.29 is 28.5 Å². The van der Waals surface area contributed by atoms with Gasteiger partial charge >= 0.3 is 24.0 Å². The number of hydrogen-bond donors (Lipinski definition) is 0. The Morgan fingerprint density at radius 1 is 0.767 bits per heavy atom. The summed E-state index contributed by atoms with van der Waals surface area (Å²) in [5, 5.41) is 0. The Bertz CT molecular complexity index is 862. The van der Waals surface area contributed by atoms with Gasteiger partial charge in [0.2, 0.25) is 0 Å². The average Bonchev–Trinajstić information content (AvgIpc) is 2.74. The number of ether oxygens (including phenoxy) is 4. The summed E-state index contributed by atoms with van der Waals surface area (Å²) in [6.45, 7) is 10.2.